The first-order chi connectivity index (χ1) is 8.05. The van der Waals surface area contributed by atoms with Crippen LogP contribution in [0, 0.1) is 0 Å². The van der Waals surface area contributed by atoms with Gasteiger partial charge in [0.1, 0.15) is 0 Å². The second kappa shape index (κ2) is 6.77. The molecule has 94 valence electrons. The van der Waals surface area contributed by atoms with Gasteiger partial charge < -0.3 is 9.84 Å². The number of rotatable bonds is 6. The maximum Gasteiger partial charge on any atom is 0.338 e. The van der Waals surface area contributed by atoms with E-state index in [1.165, 1.54) is 0 Å². The highest BCUT2D eigenvalue weighted by Crippen LogP contribution is 2.16. The van der Waals surface area contributed by atoms with E-state index < -0.39 is 5.60 Å². The van der Waals surface area contributed by atoms with Gasteiger partial charge >= 0.3 is 5.97 Å². The minimum absolute atomic E-state index is 0.230. The summed E-state index contributed by atoms with van der Waals surface area (Å²) in [6.07, 6.45) is 1.08. The van der Waals surface area contributed by atoms with Gasteiger partial charge in [0.15, 0.2) is 0 Å². The van der Waals surface area contributed by atoms with Gasteiger partial charge in [-0.15, -0.1) is 0 Å². The van der Waals surface area contributed by atoms with Crippen molar-refractivity contribution in [3.63, 3.8) is 0 Å². The molecule has 0 fully saturated rings. The van der Waals surface area contributed by atoms with Crippen molar-refractivity contribution >= 4 is 21.9 Å². The first-order valence-corrected chi connectivity index (χ1v) is 6.68. The average Bonchev–Trinajstić information content (AvgIpc) is 2.29. The largest absolute Gasteiger partial charge is 0.462 e. The van der Waals surface area contributed by atoms with Gasteiger partial charge in [-0.25, -0.2) is 4.79 Å². The maximum absolute atomic E-state index is 11.6. The van der Waals surface area contributed by atoms with Crippen molar-refractivity contribution < 1.29 is 14.6 Å². The average molecular weight is 301 g/mol. The van der Waals surface area contributed by atoms with E-state index in [9.17, 15) is 9.90 Å². The molecule has 0 saturated carbocycles. The Kier molecular flexibility index (Phi) is 5.65. The zero-order chi connectivity index (χ0) is 12.7. The fraction of sp³-hybridized carbons (Fsp3) is 0.462. The summed E-state index contributed by atoms with van der Waals surface area (Å²) in [4.78, 5) is 11.6. The van der Waals surface area contributed by atoms with Gasteiger partial charge in [0.25, 0.3) is 0 Å². The second-order valence-electron chi connectivity index (χ2n) is 4.19. The van der Waals surface area contributed by atoms with Crippen LogP contribution in [0.25, 0.3) is 0 Å². The Labute approximate surface area is 110 Å². The van der Waals surface area contributed by atoms with Gasteiger partial charge in [-0.3, -0.25) is 0 Å². The van der Waals surface area contributed by atoms with Gasteiger partial charge in [0.05, 0.1) is 17.8 Å². The van der Waals surface area contributed by atoms with Crippen molar-refractivity contribution in [3.8, 4) is 0 Å². The quantitative estimate of drug-likeness (QED) is 0.649. The molecular weight excluding hydrogens is 284 g/mol. The van der Waals surface area contributed by atoms with Crippen LogP contribution >= 0.6 is 15.9 Å². The van der Waals surface area contributed by atoms with Crippen molar-refractivity contribution in [3.05, 3.63) is 35.9 Å². The number of aliphatic hydroxyl groups is 1. The van der Waals surface area contributed by atoms with Crippen LogP contribution in [0.1, 0.15) is 30.1 Å². The van der Waals surface area contributed by atoms with Crippen molar-refractivity contribution in [2.24, 2.45) is 0 Å². The summed E-state index contributed by atoms with van der Waals surface area (Å²) < 4.78 is 5.10. The van der Waals surface area contributed by atoms with Crippen LogP contribution in [0.15, 0.2) is 30.3 Å². The smallest absolute Gasteiger partial charge is 0.338 e. The molecule has 0 saturated heterocycles. The number of halogens is 1. The maximum atomic E-state index is 11.6. The summed E-state index contributed by atoms with van der Waals surface area (Å²) >= 11 is 3.27. The zero-order valence-corrected chi connectivity index (χ0v) is 11.4. The molecule has 0 heterocycles. The lowest BCUT2D eigenvalue weighted by atomic mass is 10.0. The highest BCUT2D eigenvalue weighted by molar-refractivity contribution is 9.09. The molecule has 0 aliphatic rings. The third-order valence-electron chi connectivity index (χ3n) is 2.52. The predicted molar refractivity (Wildman–Crippen MR) is 70.4 cm³/mol. The molecule has 0 radical (unpaired) electrons. The predicted octanol–water partition coefficient (Wildman–Crippen LogP) is 2.77. The number of esters is 1. The fourth-order valence-corrected chi connectivity index (χ4v) is 2.20. The molecule has 4 heteroatoms. The number of ether oxygens (including phenoxy) is 1. The molecule has 3 nitrogen and oxygen atoms in total. The summed E-state index contributed by atoms with van der Waals surface area (Å²) in [6, 6.07) is 8.84. The second-order valence-corrected chi connectivity index (χ2v) is 4.98. The highest BCUT2D eigenvalue weighted by atomic mass is 79.9. The Morgan fingerprint density at radius 1 is 1.35 bits per heavy atom. The lowest BCUT2D eigenvalue weighted by molar-refractivity contribution is 0.0137. The molecule has 0 aliphatic heterocycles. The lowest BCUT2D eigenvalue weighted by Crippen LogP contribution is -2.27. The number of hydrogen-bond acceptors (Lipinski definition) is 3. The van der Waals surface area contributed by atoms with E-state index in [1.54, 1.807) is 31.2 Å². The van der Waals surface area contributed by atoms with Crippen LogP contribution in [0.5, 0.6) is 0 Å². The van der Waals surface area contributed by atoms with E-state index >= 15 is 0 Å². The van der Waals surface area contributed by atoms with Crippen molar-refractivity contribution in [1.82, 2.24) is 0 Å². The molecule has 0 spiro atoms. The van der Waals surface area contributed by atoms with Crippen LogP contribution in [0.3, 0.4) is 0 Å². The number of alkyl halides is 1. The van der Waals surface area contributed by atoms with Gasteiger partial charge in [-0.1, -0.05) is 34.1 Å². The summed E-state index contributed by atoms with van der Waals surface area (Å²) in [7, 11) is 0. The Morgan fingerprint density at radius 2 is 2.00 bits per heavy atom. The number of carbonyl (C=O) groups excluding carboxylic acids is 1. The van der Waals surface area contributed by atoms with E-state index in [0.717, 1.165) is 5.33 Å². The molecule has 1 rings (SSSR count). The van der Waals surface area contributed by atoms with E-state index in [-0.39, 0.29) is 12.6 Å². The van der Waals surface area contributed by atoms with Crippen LogP contribution in [-0.2, 0) is 4.74 Å². The van der Waals surface area contributed by atoms with Gasteiger partial charge in [-0.2, -0.15) is 0 Å². The van der Waals surface area contributed by atoms with Crippen molar-refractivity contribution in [2.75, 3.05) is 11.9 Å². The standard InChI is InChI=1S/C13H17BrO3/c1-13(16,7-9-14)8-10-17-12(15)11-5-3-2-4-6-11/h2-6,16H,7-10H2,1H3. The normalized spacial score (nSPS) is 14.1. The van der Waals surface area contributed by atoms with E-state index in [0.29, 0.717) is 18.4 Å². The molecule has 1 aromatic carbocycles. The SMILES string of the molecule is CC(O)(CCBr)CCOC(=O)c1ccccc1. The van der Waals surface area contributed by atoms with Crippen LogP contribution in [-0.4, -0.2) is 28.6 Å². The summed E-state index contributed by atoms with van der Waals surface area (Å²) in [5, 5.41) is 10.6. The Bertz CT molecular complexity index is 349. The topological polar surface area (TPSA) is 46.5 Å². The summed E-state index contributed by atoms with van der Waals surface area (Å²) in [5.41, 5.74) is -0.256. The molecule has 1 atom stereocenters. The molecular formula is C13H17BrO3. The van der Waals surface area contributed by atoms with Crippen LogP contribution in [0.2, 0.25) is 0 Å². The Hall–Kier alpha value is -0.870. The number of benzene rings is 1. The number of carbonyl (C=O) groups is 1. The monoisotopic (exact) mass is 300 g/mol. The Morgan fingerprint density at radius 3 is 2.59 bits per heavy atom. The molecule has 1 aromatic rings. The first-order valence-electron chi connectivity index (χ1n) is 5.56. The number of hydrogen-bond donors (Lipinski definition) is 1. The van der Waals surface area contributed by atoms with Gasteiger partial charge in [-0.05, 0) is 25.5 Å². The third-order valence-corrected chi connectivity index (χ3v) is 2.91. The minimum Gasteiger partial charge on any atom is -0.462 e. The zero-order valence-electron chi connectivity index (χ0n) is 9.86. The Balaban J connectivity index is 2.35. The third kappa shape index (κ3) is 5.33. The molecule has 0 aromatic heterocycles. The summed E-state index contributed by atoms with van der Waals surface area (Å²) in [6.45, 7) is 1.97. The van der Waals surface area contributed by atoms with Crippen molar-refractivity contribution in [2.45, 2.75) is 25.4 Å². The fourth-order valence-electron chi connectivity index (χ4n) is 1.35. The molecule has 0 bridgehead atoms. The first kappa shape index (κ1) is 14.2. The molecule has 0 aliphatic carbocycles. The molecule has 17 heavy (non-hydrogen) atoms. The van der Waals surface area contributed by atoms with Gasteiger partial charge in [0.2, 0.25) is 0 Å². The van der Waals surface area contributed by atoms with E-state index in [2.05, 4.69) is 15.9 Å². The molecule has 1 N–H and O–H groups in total. The highest BCUT2D eigenvalue weighted by Gasteiger charge is 2.19. The van der Waals surface area contributed by atoms with Gasteiger partial charge in [0, 0.05) is 11.8 Å². The van der Waals surface area contributed by atoms with E-state index in [1.807, 2.05) is 6.07 Å². The lowest BCUT2D eigenvalue weighted by Gasteiger charge is -2.21. The summed E-state index contributed by atoms with van der Waals surface area (Å²) in [5.74, 6) is -0.347. The van der Waals surface area contributed by atoms with E-state index in [4.69, 9.17) is 4.74 Å². The van der Waals surface area contributed by atoms with Crippen LogP contribution < -0.4 is 0 Å². The van der Waals surface area contributed by atoms with Crippen LogP contribution in [0.4, 0.5) is 0 Å². The molecule has 1 unspecified atom stereocenters. The van der Waals surface area contributed by atoms with Crippen molar-refractivity contribution in [1.29, 1.82) is 0 Å². The minimum atomic E-state index is -0.791. The molecule has 0 amide bonds.